The summed E-state index contributed by atoms with van der Waals surface area (Å²) in [6, 6.07) is 0.459. The van der Waals surface area contributed by atoms with E-state index in [1.165, 1.54) is 5.70 Å². The van der Waals surface area contributed by atoms with Gasteiger partial charge in [0.1, 0.15) is 0 Å². The van der Waals surface area contributed by atoms with Crippen LogP contribution in [0.15, 0.2) is 16.9 Å². The molecular weight excluding hydrogens is 174 g/mol. The molecule has 0 radical (unpaired) electrons. The van der Waals surface area contributed by atoms with Gasteiger partial charge in [-0.2, -0.15) is 5.10 Å². The van der Waals surface area contributed by atoms with Gasteiger partial charge >= 0.3 is 0 Å². The van der Waals surface area contributed by atoms with Crippen molar-refractivity contribution in [2.24, 2.45) is 5.10 Å². The summed E-state index contributed by atoms with van der Waals surface area (Å²) in [5.74, 6) is 0. The minimum absolute atomic E-state index is 0.459. The number of allylic oxidation sites excluding steroid dienone is 1. The number of hydrazone groups is 1. The SMILES string of the molecule is C=NN(C)C(CC)C/C=C(\C)NCC. The van der Waals surface area contributed by atoms with Crippen LogP contribution in [0, 0.1) is 0 Å². The quantitative estimate of drug-likeness (QED) is 0.500. The normalized spacial score (nSPS) is 13.6. The largest absolute Gasteiger partial charge is 0.389 e. The monoisotopic (exact) mass is 197 g/mol. The first-order valence-corrected chi connectivity index (χ1v) is 5.25. The second-order valence-corrected chi connectivity index (χ2v) is 3.43. The highest BCUT2D eigenvalue weighted by molar-refractivity contribution is 5.22. The fraction of sp³-hybridized carbons (Fsp3) is 0.727. The Kier molecular flexibility index (Phi) is 6.89. The fourth-order valence-electron chi connectivity index (χ4n) is 1.36. The van der Waals surface area contributed by atoms with Crippen molar-refractivity contribution in [2.45, 2.75) is 39.7 Å². The van der Waals surface area contributed by atoms with Gasteiger partial charge in [0.15, 0.2) is 0 Å². The third-order valence-electron chi connectivity index (χ3n) is 2.37. The average Bonchev–Trinajstić information content (AvgIpc) is 2.18. The maximum absolute atomic E-state index is 3.92. The van der Waals surface area contributed by atoms with Crippen molar-refractivity contribution < 1.29 is 0 Å². The summed E-state index contributed by atoms with van der Waals surface area (Å²) in [6.07, 6.45) is 4.33. The summed E-state index contributed by atoms with van der Waals surface area (Å²) in [5.41, 5.74) is 1.24. The van der Waals surface area contributed by atoms with Crippen LogP contribution in [0.4, 0.5) is 0 Å². The van der Waals surface area contributed by atoms with Crippen molar-refractivity contribution in [3.05, 3.63) is 11.8 Å². The van der Waals surface area contributed by atoms with Gasteiger partial charge in [-0.3, -0.25) is 5.01 Å². The number of rotatable bonds is 7. The van der Waals surface area contributed by atoms with E-state index in [-0.39, 0.29) is 0 Å². The van der Waals surface area contributed by atoms with Gasteiger partial charge < -0.3 is 5.32 Å². The molecule has 3 heteroatoms. The van der Waals surface area contributed by atoms with Crippen molar-refractivity contribution >= 4 is 6.72 Å². The molecule has 0 spiro atoms. The van der Waals surface area contributed by atoms with Gasteiger partial charge in [0.25, 0.3) is 0 Å². The molecule has 82 valence electrons. The van der Waals surface area contributed by atoms with Crippen LogP contribution < -0.4 is 5.32 Å². The van der Waals surface area contributed by atoms with E-state index < -0.39 is 0 Å². The summed E-state index contributed by atoms with van der Waals surface area (Å²) < 4.78 is 0. The molecule has 0 saturated heterocycles. The van der Waals surface area contributed by atoms with Crippen LogP contribution in [0.3, 0.4) is 0 Å². The minimum atomic E-state index is 0.459. The first kappa shape index (κ1) is 13.0. The van der Waals surface area contributed by atoms with Gasteiger partial charge in [-0.15, -0.1) is 0 Å². The van der Waals surface area contributed by atoms with Crippen LogP contribution in [0.5, 0.6) is 0 Å². The number of hydrogen-bond acceptors (Lipinski definition) is 3. The first-order chi connectivity index (χ1) is 6.65. The number of nitrogens with one attached hydrogen (secondary N) is 1. The Morgan fingerprint density at radius 2 is 2.21 bits per heavy atom. The Morgan fingerprint density at radius 3 is 2.64 bits per heavy atom. The number of hydrogen-bond donors (Lipinski definition) is 1. The summed E-state index contributed by atoms with van der Waals surface area (Å²) >= 11 is 0. The zero-order valence-electron chi connectivity index (χ0n) is 9.88. The summed E-state index contributed by atoms with van der Waals surface area (Å²) in [4.78, 5) is 0. The predicted molar refractivity (Wildman–Crippen MR) is 63.4 cm³/mol. The topological polar surface area (TPSA) is 27.6 Å². The molecule has 0 aromatic rings. The van der Waals surface area contributed by atoms with E-state index in [1.54, 1.807) is 0 Å². The lowest BCUT2D eigenvalue weighted by molar-refractivity contribution is 0.250. The molecule has 3 nitrogen and oxygen atoms in total. The van der Waals surface area contributed by atoms with Crippen LogP contribution in [-0.2, 0) is 0 Å². The van der Waals surface area contributed by atoms with Crippen molar-refractivity contribution in [1.29, 1.82) is 0 Å². The van der Waals surface area contributed by atoms with Gasteiger partial charge in [0.2, 0.25) is 0 Å². The lowest BCUT2D eigenvalue weighted by Crippen LogP contribution is -2.25. The highest BCUT2D eigenvalue weighted by atomic mass is 15.4. The summed E-state index contributed by atoms with van der Waals surface area (Å²) in [6.45, 7) is 10.9. The summed E-state index contributed by atoms with van der Waals surface area (Å²) in [5, 5.41) is 9.12. The van der Waals surface area contributed by atoms with E-state index in [1.807, 2.05) is 12.1 Å². The Bertz CT molecular complexity index is 187. The van der Waals surface area contributed by atoms with Crippen LogP contribution in [-0.4, -0.2) is 31.4 Å². The molecule has 0 aromatic carbocycles. The van der Waals surface area contributed by atoms with Gasteiger partial charge in [0.05, 0.1) is 0 Å². The van der Waals surface area contributed by atoms with Crippen molar-refractivity contribution in [2.75, 3.05) is 13.6 Å². The summed E-state index contributed by atoms with van der Waals surface area (Å²) in [7, 11) is 1.97. The first-order valence-electron chi connectivity index (χ1n) is 5.25. The molecule has 14 heavy (non-hydrogen) atoms. The van der Waals surface area contributed by atoms with Gasteiger partial charge in [-0.25, -0.2) is 0 Å². The number of nitrogens with zero attached hydrogens (tertiary/aromatic N) is 2. The standard InChI is InChI=1S/C11H23N3/c1-6-11(14(5)12-4)9-8-10(3)13-7-2/h8,11,13H,4,6-7,9H2,1-3,5H3/b10-8+. The lowest BCUT2D eigenvalue weighted by atomic mass is 10.1. The van der Waals surface area contributed by atoms with Crippen molar-refractivity contribution in [3.8, 4) is 0 Å². The zero-order valence-corrected chi connectivity index (χ0v) is 9.88. The van der Waals surface area contributed by atoms with Gasteiger partial charge in [0, 0.05) is 32.0 Å². The van der Waals surface area contributed by atoms with Crippen molar-refractivity contribution in [3.63, 3.8) is 0 Å². The molecule has 0 aliphatic rings. The Hall–Kier alpha value is -0.990. The highest BCUT2D eigenvalue weighted by Gasteiger charge is 2.07. The van der Waals surface area contributed by atoms with Crippen LogP contribution >= 0.6 is 0 Å². The molecule has 0 heterocycles. The molecule has 0 aliphatic carbocycles. The second-order valence-electron chi connectivity index (χ2n) is 3.43. The molecule has 0 saturated carbocycles. The zero-order chi connectivity index (χ0) is 11.0. The molecule has 0 aliphatic heterocycles. The third kappa shape index (κ3) is 4.90. The van der Waals surface area contributed by atoms with Gasteiger partial charge in [-0.1, -0.05) is 13.0 Å². The van der Waals surface area contributed by atoms with Gasteiger partial charge in [-0.05, 0) is 26.7 Å². The molecule has 1 N–H and O–H groups in total. The molecule has 0 fully saturated rings. The van der Waals surface area contributed by atoms with Crippen LogP contribution in [0.1, 0.15) is 33.6 Å². The van der Waals surface area contributed by atoms with E-state index >= 15 is 0 Å². The van der Waals surface area contributed by atoms with E-state index in [0.717, 1.165) is 19.4 Å². The van der Waals surface area contributed by atoms with E-state index in [4.69, 9.17) is 0 Å². The Balaban J connectivity index is 4.05. The highest BCUT2D eigenvalue weighted by Crippen LogP contribution is 2.08. The maximum atomic E-state index is 3.92. The van der Waals surface area contributed by atoms with Crippen LogP contribution in [0.2, 0.25) is 0 Å². The molecule has 0 bridgehead atoms. The molecule has 1 atom stereocenters. The van der Waals surface area contributed by atoms with E-state index in [9.17, 15) is 0 Å². The Morgan fingerprint density at radius 1 is 1.57 bits per heavy atom. The smallest absolute Gasteiger partial charge is 0.0499 e. The molecular formula is C11H23N3. The van der Waals surface area contributed by atoms with Crippen LogP contribution in [0.25, 0.3) is 0 Å². The Labute approximate surface area is 87.9 Å². The molecule has 0 amide bonds. The molecule has 0 rings (SSSR count). The maximum Gasteiger partial charge on any atom is 0.0499 e. The molecule has 1 unspecified atom stereocenters. The second kappa shape index (κ2) is 7.42. The van der Waals surface area contributed by atoms with Crippen molar-refractivity contribution in [1.82, 2.24) is 10.3 Å². The average molecular weight is 197 g/mol. The predicted octanol–water partition coefficient (Wildman–Crippen LogP) is 2.22. The fourth-order valence-corrected chi connectivity index (χ4v) is 1.36. The minimum Gasteiger partial charge on any atom is -0.389 e. The lowest BCUT2D eigenvalue weighted by Gasteiger charge is -2.22. The van der Waals surface area contributed by atoms with E-state index in [2.05, 4.69) is 44.0 Å². The van der Waals surface area contributed by atoms with E-state index in [0.29, 0.717) is 6.04 Å². The molecule has 0 aromatic heterocycles. The third-order valence-corrected chi connectivity index (χ3v) is 2.37.